The monoisotopic (exact) mass is 155 g/mol. The van der Waals surface area contributed by atoms with Crippen molar-refractivity contribution in [2.45, 2.75) is 13.3 Å². The molecule has 11 heavy (non-hydrogen) atoms. The van der Waals surface area contributed by atoms with Crippen LogP contribution in [0.4, 0.5) is 0 Å². The summed E-state index contributed by atoms with van der Waals surface area (Å²) in [6, 6.07) is 1.80. The Labute approximate surface area is 64.0 Å². The van der Waals surface area contributed by atoms with Crippen molar-refractivity contribution >= 4 is 0 Å². The summed E-state index contributed by atoms with van der Waals surface area (Å²) in [5, 5.41) is 9.97. The highest BCUT2D eigenvalue weighted by molar-refractivity contribution is 5.14. The number of aryl methyl sites for hydroxylation is 1. The summed E-state index contributed by atoms with van der Waals surface area (Å²) in [6.07, 6.45) is 1.93. The molecule has 0 radical (unpaired) electrons. The molecule has 0 fully saturated rings. The van der Waals surface area contributed by atoms with E-state index in [9.17, 15) is 10.1 Å². The first-order valence-electron chi connectivity index (χ1n) is 3.35. The molecule has 0 atom stereocenters. The van der Waals surface area contributed by atoms with Crippen LogP contribution in [0, 0.1) is 17.0 Å². The molecule has 0 bridgehead atoms. The number of nitrogens with zero attached hydrogens (tertiary/aromatic N) is 1. The van der Waals surface area contributed by atoms with Gasteiger partial charge in [-0.25, -0.2) is 0 Å². The van der Waals surface area contributed by atoms with Crippen molar-refractivity contribution in [2.75, 3.05) is 6.54 Å². The summed E-state index contributed by atoms with van der Waals surface area (Å²) < 4.78 is 5.01. The Hall–Kier alpha value is -1.32. The number of hydrogen-bond acceptors (Lipinski definition) is 3. The summed E-state index contributed by atoms with van der Waals surface area (Å²) >= 11 is 0. The van der Waals surface area contributed by atoms with Crippen LogP contribution in [0.2, 0.25) is 0 Å². The van der Waals surface area contributed by atoms with E-state index in [2.05, 4.69) is 0 Å². The molecule has 1 aromatic heterocycles. The molecule has 1 aromatic rings. The van der Waals surface area contributed by atoms with Crippen LogP contribution in [0.5, 0.6) is 0 Å². The van der Waals surface area contributed by atoms with E-state index >= 15 is 0 Å². The van der Waals surface area contributed by atoms with Crippen molar-refractivity contribution in [1.29, 1.82) is 0 Å². The van der Waals surface area contributed by atoms with E-state index in [-0.39, 0.29) is 11.5 Å². The largest absolute Gasteiger partial charge is 0.469 e. The smallest absolute Gasteiger partial charge is 0.210 e. The summed E-state index contributed by atoms with van der Waals surface area (Å²) in [7, 11) is 0. The molecule has 0 unspecified atom stereocenters. The zero-order valence-electron chi connectivity index (χ0n) is 6.24. The van der Waals surface area contributed by atoms with Crippen LogP contribution >= 0.6 is 0 Å². The zero-order chi connectivity index (χ0) is 8.27. The van der Waals surface area contributed by atoms with Crippen LogP contribution in [-0.4, -0.2) is 11.5 Å². The van der Waals surface area contributed by atoms with Crippen molar-refractivity contribution in [1.82, 2.24) is 0 Å². The molecule has 1 heterocycles. The molecule has 0 aromatic carbocycles. The Morgan fingerprint density at radius 1 is 1.73 bits per heavy atom. The minimum Gasteiger partial charge on any atom is -0.469 e. The molecule has 0 saturated heterocycles. The van der Waals surface area contributed by atoms with Crippen molar-refractivity contribution in [3.63, 3.8) is 0 Å². The fourth-order valence-corrected chi connectivity index (χ4v) is 0.853. The van der Waals surface area contributed by atoms with Crippen molar-refractivity contribution in [3.05, 3.63) is 33.8 Å². The summed E-state index contributed by atoms with van der Waals surface area (Å²) in [5.74, 6) is 0.710. The van der Waals surface area contributed by atoms with E-state index in [4.69, 9.17) is 4.42 Å². The molecule has 60 valence electrons. The first-order valence-corrected chi connectivity index (χ1v) is 3.35. The minimum absolute atomic E-state index is 0.0612. The number of furan rings is 1. The van der Waals surface area contributed by atoms with Gasteiger partial charge in [0.25, 0.3) is 0 Å². The maximum atomic E-state index is 9.97. The quantitative estimate of drug-likeness (QED) is 0.489. The Balaban J connectivity index is 2.51. The van der Waals surface area contributed by atoms with Crippen LogP contribution in [0.25, 0.3) is 0 Å². The van der Waals surface area contributed by atoms with Gasteiger partial charge in [-0.3, -0.25) is 10.1 Å². The third kappa shape index (κ3) is 2.07. The van der Waals surface area contributed by atoms with Gasteiger partial charge in [0.1, 0.15) is 5.76 Å². The second-order valence-electron chi connectivity index (χ2n) is 2.33. The van der Waals surface area contributed by atoms with Gasteiger partial charge in [0.2, 0.25) is 6.54 Å². The molecule has 1 rings (SSSR count). The fourth-order valence-electron chi connectivity index (χ4n) is 0.853. The standard InChI is InChI=1S/C7H9NO3/c1-6-3-5-11-7(6)2-4-8(9)10/h3,5H,2,4H2,1H3. The molecule has 0 N–H and O–H groups in total. The maximum Gasteiger partial charge on any atom is 0.210 e. The Morgan fingerprint density at radius 2 is 2.45 bits per heavy atom. The molecule has 4 heteroatoms. The minimum atomic E-state index is -0.345. The molecule has 0 saturated carbocycles. The first-order chi connectivity index (χ1) is 5.20. The molecule has 0 amide bonds. The normalized spacial score (nSPS) is 9.91. The molecule has 0 aliphatic heterocycles. The lowest BCUT2D eigenvalue weighted by molar-refractivity contribution is -0.479. The van der Waals surface area contributed by atoms with Crippen LogP contribution in [0.3, 0.4) is 0 Å². The van der Waals surface area contributed by atoms with Crippen molar-refractivity contribution in [2.24, 2.45) is 0 Å². The molecular formula is C7H9NO3. The van der Waals surface area contributed by atoms with Gasteiger partial charge < -0.3 is 4.42 Å². The lowest BCUT2D eigenvalue weighted by atomic mass is 10.2. The second-order valence-corrected chi connectivity index (χ2v) is 2.33. The maximum absolute atomic E-state index is 9.97. The van der Waals surface area contributed by atoms with E-state index in [0.29, 0.717) is 12.2 Å². The van der Waals surface area contributed by atoms with Gasteiger partial charge in [0, 0.05) is 4.92 Å². The van der Waals surface area contributed by atoms with Gasteiger partial charge in [0.15, 0.2) is 0 Å². The number of hydrogen-bond donors (Lipinski definition) is 0. The summed E-state index contributed by atoms with van der Waals surface area (Å²) in [4.78, 5) is 9.62. The number of nitro groups is 1. The highest BCUT2D eigenvalue weighted by Crippen LogP contribution is 2.08. The van der Waals surface area contributed by atoms with Gasteiger partial charge in [-0.2, -0.15) is 0 Å². The molecule has 0 spiro atoms. The lowest BCUT2D eigenvalue weighted by Gasteiger charge is -1.92. The average molecular weight is 155 g/mol. The predicted molar refractivity (Wildman–Crippen MR) is 39.0 cm³/mol. The lowest BCUT2D eigenvalue weighted by Crippen LogP contribution is -2.03. The predicted octanol–water partition coefficient (Wildman–Crippen LogP) is 1.41. The summed E-state index contributed by atoms with van der Waals surface area (Å²) in [6.45, 7) is 1.81. The molecule has 0 aliphatic carbocycles. The zero-order valence-corrected chi connectivity index (χ0v) is 6.24. The van der Waals surface area contributed by atoms with E-state index in [1.165, 1.54) is 0 Å². The van der Waals surface area contributed by atoms with Gasteiger partial charge in [-0.1, -0.05) is 0 Å². The van der Waals surface area contributed by atoms with Crippen LogP contribution in [0.15, 0.2) is 16.7 Å². The average Bonchev–Trinajstić information content (AvgIpc) is 2.31. The van der Waals surface area contributed by atoms with Gasteiger partial charge >= 0.3 is 0 Å². The van der Waals surface area contributed by atoms with E-state index in [1.54, 1.807) is 12.3 Å². The van der Waals surface area contributed by atoms with Crippen LogP contribution in [0.1, 0.15) is 11.3 Å². The Kier molecular flexibility index (Phi) is 2.25. The third-order valence-electron chi connectivity index (χ3n) is 1.49. The molecule has 0 aliphatic rings. The number of rotatable bonds is 3. The van der Waals surface area contributed by atoms with Gasteiger partial charge in [-0.15, -0.1) is 0 Å². The Morgan fingerprint density at radius 3 is 2.91 bits per heavy atom. The van der Waals surface area contributed by atoms with Crippen molar-refractivity contribution in [3.8, 4) is 0 Å². The van der Waals surface area contributed by atoms with Gasteiger partial charge in [0.05, 0.1) is 12.7 Å². The third-order valence-corrected chi connectivity index (χ3v) is 1.49. The van der Waals surface area contributed by atoms with E-state index < -0.39 is 0 Å². The van der Waals surface area contributed by atoms with Gasteiger partial charge in [-0.05, 0) is 18.6 Å². The van der Waals surface area contributed by atoms with Crippen LogP contribution < -0.4 is 0 Å². The van der Waals surface area contributed by atoms with Crippen molar-refractivity contribution < 1.29 is 9.34 Å². The topological polar surface area (TPSA) is 56.3 Å². The highest BCUT2D eigenvalue weighted by atomic mass is 16.6. The fraction of sp³-hybridized carbons (Fsp3) is 0.429. The highest BCUT2D eigenvalue weighted by Gasteiger charge is 2.05. The summed E-state index contributed by atoms with van der Waals surface area (Å²) in [5.41, 5.74) is 0.979. The Bertz CT molecular complexity index is 254. The SMILES string of the molecule is Cc1ccoc1CC[N+](=O)[O-]. The first kappa shape index (κ1) is 7.78. The molecule has 4 nitrogen and oxygen atoms in total. The molecular weight excluding hydrogens is 146 g/mol. The van der Waals surface area contributed by atoms with E-state index in [0.717, 1.165) is 5.56 Å². The van der Waals surface area contributed by atoms with Crippen LogP contribution in [-0.2, 0) is 6.42 Å². The van der Waals surface area contributed by atoms with E-state index in [1.807, 2.05) is 6.92 Å². The second kappa shape index (κ2) is 3.18.